The van der Waals surface area contributed by atoms with Gasteiger partial charge in [0.1, 0.15) is 11.3 Å². The summed E-state index contributed by atoms with van der Waals surface area (Å²) < 4.78 is 0. The first-order valence-corrected chi connectivity index (χ1v) is 5.08. The number of Topliss-reactive ketones (excluding diaryl/α,β-unsaturated/α-hetero) is 1. The summed E-state index contributed by atoms with van der Waals surface area (Å²) in [6.07, 6.45) is 2.60. The third-order valence-corrected chi connectivity index (χ3v) is 2.14. The molecule has 17 heavy (non-hydrogen) atoms. The van der Waals surface area contributed by atoms with Crippen LogP contribution in [-0.4, -0.2) is 40.8 Å². The van der Waals surface area contributed by atoms with Crippen LogP contribution in [0.25, 0.3) is 0 Å². The molecule has 0 unspecified atom stereocenters. The molecule has 0 spiro atoms. The summed E-state index contributed by atoms with van der Waals surface area (Å²) >= 11 is 5.79. The molecule has 0 saturated heterocycles. The van der Waals surface area contributed by atoms with Gasteiger partial charge in [-0.3, -0.25) is 9.78 Å². The average Bonchev–Trinajstić information content (AvgIpc) is 2.25. The summed E-state index contributed by atoms with van der Waals surface area (Å²) in [5.41, 5.74) is -0.444. The van der Waals surface area contributed by atoms with E-state index in [2.05, 4.69) is 4.98 Å². The van der Waals surface area contributed by atoms with Crippen molar-refractivity contribution in [1.29, 1.82) is 0 Å². The molecule has 90 valence electrons. The fourth-order valence-corrected chi connectivity index (χ4v) is 1.36. The summed E-state index contributed by atoms with van der Waals surface area (Å²) in [7, 11) is 3.24. The first-order chi connectivity index (χ1) is 7.93. The van der Waals surface area contributed by atoms with Crippen molar-refractivity contribution in [3.05, 3.63) is 40.8 Å². The van der Waals surface area contributed by atoms with Gasteiger partial charge < -0.3 is 10.0 Å². The molecule has 0 bridgehead atoms. The fraction of sp³-hybridized carbons (Fsp3) is 0.182. The lowest BCUT2D eigenvalue weighted by atomic mass is 10.1. The number of hydrogen-bond donors (Lipinski definition) is 1. The molecular weight excluding hydrogens is 244 g/mol. The molecule has 0 fully saturated rings. The number of aliphatic carboxylic acids is 1. The van der Waals surface area contributed by atoms with Crippen LogP contribution < -0.4 is 0 Å². The van der Waals surface area contributed by atoms with Crippen LogP contribution in [0.2, 0.25) is 5.02 Å². The monoisotopic (exact) mass is 254 g/mol. The smallest absolute Gasteiger partial charge is 0.341 e. The van der Waals surface area contributed by atoms with E-state index in [-0.39, 0.29) is 16.3 Å². The van der Waals surface area contributed by atoms with E-state index in [0.29, 0.717) is 0 Å². The molecule has 0 aromatic carbocycles. The molecule has 1 aromatic rings. The number of pyridine rings is 1. The van der Waals surface area contributed by atoms with Crippen molar-refractivity contribution in [3.8, 4) is 0 Å². The molecule has 1 N–H and O–H groups in total. The predicted molar refractivity (Wildman–Crippen MR) is 63.0 cm³/mol. The lowest BCUT2D eigenvalue weighted by Gasteiger charge is -2.08. The second-order valence-corrected chi connectivity index (χ2v) is 3.88. The Morgan fingerprint density at radius 3 is 2.59 bits per heavy atom. The first-order valence-electron chi connectivity index (χ1n) is 4.70. The van der Waals surface area contributed by atoms with Gasteiger partial charge in [-0.1, -0.05) is 11.6 Å². The number of carbonyl (C=O) groups excluding carboxylic acids is 1. The van der Waals surface area contributed by atoms with Crippen LogP contribution in [0.1, 0.15) is 10.5 Å². The number of carboxylic acid groups (broad SMARTS) is 1. The van der Waals surface area contributed by atoms with E-state index < -0.39 is 11.8 Å². The average molecular weight is 255 g/mol. The number of nitrogens with zero attached hydrogens (tertiary/aromatic N) is 2. The van der Waals surface area contributed by atoms with Gasteiger partial charge in [-0.15, -0.1) is 0 Å². The normalized spacial score (nSPS) is 11.1. The molecule has 0 atom stereocenters. The highest BCUT2D eigenvalue weighted by Gasteiger charge is 2.22. The van der Waals surface area contributed by atoms with Crippen LogP contribution >= 0.6 is 11.6 Å². The highest BCUT2D eigenvalue weighted by molar-refractivity contribution is 6.36. The molecule has 1 rings (SSSR count). The van der Waals surface area contributed by atoms with Gasteiger partial charge >= 0.3 is 5.97 Å². The minimum Gasteiger partial charge on any atom is -0.477 e. The number of aromatic nitrogens is 1. The Balaban J connectivity index is 3.19. The highest BCUT2D eigenvalue weighted by atomic mass is 35.5. The van der Waals surface area contributed by atoms with Crippen LogP contribution in [0, 0.1) is 0 Å². The quantitative estimate of drug-likeness (QED) is 0.381. The van der Waals surface area contributed by atoms with Crippen LogP contribution in [0.4, 0.5) is 0 Å². The molecule has 0 amide bonds. The number of carbonyl (C=O) groups is 2. The summed E-state index contributed by atoms with van der Waals surface area (Å²) in [6.45, 7) is 0. The zero-order valence-electron chi connectivity index (χ0n) is 9.35. The van der Waals surface area contributed by atoms with E-state index in [4.69, 9.17) is 16.7 Å². The number of rotatable bonds is 4. The van der Waals surface area contributed by atoms with Gasteiger partial charge in [0.15, 0.2) is 0 Å². The van der Waals surface area contributed by atoms with E-state index >= 15 is 0 Å². The van der Waals surface area contributed by atoms with Crippen LogP contribution in [0.3, 0.4) is 0 Å². The van der Waals surface area contributed by atoms with Gasteiger partial charge in [0.05, 0.1) is 5.02 Å². The standard InChI is InChI=1S/C11H11ClN2O3/c1-14(2)6-7(11(16)17)10(15)9-8(12)4-3-5-13-9/h3-6H,1-2H3,(H,16,17)/b7-6-. The Kier molecular flexibility index (Phi) is 4.23. The highest BCUT2D eigenvalue weighted by Crippen LogP contribution is 2.16. The first kappa shape index (κ1) is 13.2. The topological polar surface area (TPSA) is 70.5 Å². The van der Waals surface area contributed by atoms with Gasteiger partial charge in [-0.25, -0.2) is 4.79 Å². The minimum atomic E-state index is -1.31. The Morgan fingerprint density at radius 1 is 1.47 bits per heavy atom. The van der Waals surface area contributed by atoms with Crippen molar-refractivity contribution in [2.45, 2.75) is 0 Å². The summed E-state index contributed by atoms with van der Waals surface area (Å²) in [5.74, 6) is -2.03. The molecule has 0 aliphatic heterocycles. The van der Waals surface area contributed by atoms with E-state index in [1.807, 2.05) is 0 Å². The number of hydrogen-bond acceptors (Lipinski definition) is 4. The lowest BCUT2D eigenvalue weighted by molar-refractivity contribution is -0.132. The third-order valence-electron chi connectivity index (χ3n) is 1.84. The third kappa shape index (κ3) is 3.29. The fourth-order valence-electron chi connectivity index (χ4n) is 1.15. The van der Waals surface area contributed by atoms with Crippen molar-refractivity contribution < 1.29 is 14.7 Å². The van der Waals surface area contributed by atoms with Crippen molar-refractivity contribution in [2.24, 2.45) is 0 Å². The van der Waals surface area contributed by atoms with E-state index in [1.54, 1.807) is 20.2 Å². The second kappa shape index (κ2) is 5.45. The molecule has 0 aliphatic carbocycles. The zero-order chi connectivity index (χ0) is 13.0. The van der Waals surface area contributed by atoms with Gasteiger partial charge in [-0.2, -0.15) is 0 Å². The summed E-state index contributed by atoms with van der Waals surface area (Å²) in [5, 5.41) is 9.09. The number of ketones is 1. The molecule has 0 saturated carbocycles. The molecule has 6 heteroatoms. The molecule has 0 aliphatic rings. The van der Waals surface area contributed by atoms with Crippen LogP contribution in [0.15, 0.2) is 30.1 Å². The Morgan fingerprint density at radius 2 is 2.12 bits per heavy atom. The maximum absolute atomic E-state index is 11.9. The van der Waals surface area contributed by atoms with Gasteiger partial charge in [0.2, 0.25) is 5.78 Å². The van der Waals surface area contributed by atoms with Crippen molar-refractivity contribution >= 4 is 23.4 Å². The minimum absolute atomic E-state index is 0.0651. The molecular formula is C11H11ClN2O3. The Hall–Kier alpha value is -1.88. The van der Waals surface area contributed by atoms with E-state index in [1.165, 1.54) is 23.4 Å². The van der Waals surface area contributed by atoms with Gasteiger partial charge in [0, 0.05) is 26.5 Å². The van der Waals surface area contributed by atoms with Crippen molar-refractivity contribution in [3.63, 3.8) is 0 Å². The summed E-state index contributed by atoms with van der Waals surface area (Å²) in [4.78, 5) is 28.1. The molecule has 5 nitrogen and oxygen atoms in total. The predicted octanol–water partition coefficient (Wildman–Crippen LogP) is 1.45. The molecule has 1 heterocycles. The van der Waals surface area contributed by atoms with Crippen LogP contribution in [-0.2, 0) is 4.79 Å². The SMILES string of the molecule is CN(C)/C=C(\C(=O)O)C(=O)c1ncccc1Cl. The Bertz CT molecular complexity index is 483. The van der Waals surface area contributed by atoms with E-state index in [0.717, 1.165) is 0 Å². The molecule has 0 radical (unpaired) electrons. The van der Waals surface area contributed by atoms with Crippen LogP contribution in [0.5, 0.6) is 0 Å². The van der Waals surface area contributed by atoms with Crippen molar-refractivity contribution in [1.82, 2.24) is 9.88 Å². The van der Waals surface area contributed by atoms with Gasteiger partial charge in [0.25, 0.3) is 0 Å². The molecule has 1 aromatic heterocycles. The van der Waals surface area contributed by atoms with E-state index in [9.17, 15) is 9.59 Å². The lowest BCUT2D eigenvalue weighted by Crippen LogP contribution is -2.17. The maximum Gasteiger partial charge on any atom is 0.341 e. The second-order valence-electron chi connectivity index (χ2n) is 3.47. The summed E-state index contributed by atoms with van der Waals surface area (Å²) in [6, 6.07) is 3.05. The maximum atomic E-state index is 11.9. The largest absolute Gasteiger partial charge is 0.477 e. The zero-order valence-corrected chi connectivity index (χ0v) is 10.1. The van der Waals surface area contributed by atoms with Crippen molar-refractivity contribution in [2.75, 3.05) is 14.1 Å². The number of carboxylic acids is 1. The number of halogens is 1. The Labute approximate surface area is 103 Å². The van der Waals surface area contributed by atoms with Gasteiger partial charge in [-0.05, 0) is 12.1 Å².